The lowest BCUT2D eigenvalue weighted by atomic mass is 10.2. The number of nitrogens with zero attached hydrogens (tertiary/aromatic N) is 3. The zero-order valence-electron chi connectivity index (χ0n) is 14.4. The predicted molar refractivity (Wildman–Crippen MR) is 98.5 cm³/mol. The lowest BCUT2D eigenvalue weighted by molar-refractivity contribution is -0.115. The minimum atomic E-state index is -0.448. The minimum Gasteiger partial charge on any atom is -0.507 e. The van der Waals surface area contributed by atoms with Gasteiger partial charge in [0, 0.05) is 19.5 Å². The quantitative estimate of drug-likeness (QED) is 0.488. The summed E-state index contributed by atoms with van der Waals surface area (Å²) in [6.45, 7) is 0. The number of rotatable bonds is 4. The van der Waals surface area contributed by atoms with Crippen LogP contribution in [0.5, 0.6) is 5.75 Å². The highest BCUT2D eigenvalue weighted by atomic mass is 16.3. The summed E-state index contributed by atoms with van der Waals surface area (Å²) >= 11 is 0. The first-order valence-corrected chi connectivity index (χ1v) is 7.68. The SMILES string of the molecule is CN(C)C=O.O=C(NNc1ncnc2ccccc12)c1ccccc1O. The number of hydrazine groups is 1. The molecule has 26 heavy (non-hydrogen) atoms. The molecule has 134 valence electrons. The molecule has 0 saturated heterocycles. The van der Waals surface area contributed by atoms with E-state index in [-0.39, 0.29) is 11.3 Å². The van der Waals surface area contributed by atoms with Gasteiger partial charge in [-0.05, 0) is 24.3 Å². The number of aromatic nitrogens is 2. The molecule has 3 aromatic rings. The number of aromatic hydroxyl groups is 1. The van der Waals surface area contributed by atoms with E-state index in [1.807, 2.05) is 24.3 Å². The molecule has 1 heterocycles. The number of amides is 2. The number of benzene rings is 2. The van der Waals surface area contributed by atoms with E-state index < -0.39 is 5.91 Å². The Morgan fingerprint density at radius 3 is 2.42 bits per heavy atom. The molecule has 0 radical (unpaired) electrons. The summed E-state index contributed by atoms with van der Waals surface area (Å²) in [6, 6.07) is 13.8. The smallest absolute Gasteiger partial charge is 0.273 e. The molecular formula is C18H19N5O3. The standard InChI is InChI=1S/C15H12N4O2.C3H7NO/c20-13-8-4-2-6-11(13)15(21)19-18-14-10-5-1-3-7-12(10)16-9-17-14;1-4(2)3-5/h1-9,20H,(H,19,21)(H,16,17,18);3H,1-2H3. The summed E-state index contributed by atoms with van der Waals surface area (Å²) in [5.74, 6) is -0.0375. The van der Waals surface area contributed by atoms with Gasteiger partial charge in [0.1, 0.15) is 12.1 Å². The van der Waals surface area contributed by atoms with E-state index in [1.54, 1.807) is 26.2 Å². The number of anilines is 1. The second-order valence-corrected chi connectivity index (χ2v) is 5.40. The monoisotopic (exact) mass is 353 g/mol. The Bertz CT molecular complexity index is 893. The number of carbonyl (C=O) groups excluding carboxylic acids is 2. The summed E-state index contributed by atoms with van der Waals surface area (Å²) in [6.07, 6.45) is 2.16. The molecule has 2 aromatic carbocycles. The molecule has 0 aliphatic carbocycles. The van der Waals surface area contributed by atoms with Gasteiger partial charge < -0.3 is 10.0 Å². The maximum atomic E-state index is 12.0. The zero-order chi connectivity index (χ0) is 18.9. The van der Waals surface area contributed by atoms with Crippen molar-refractivity contribution in [1.29, 1.82) is 0 Å². The Morgan fingerprint density at radius 2 is 1.73 bits per heavy atom. The molecule has 0 aliphatic heterocycles. The molecular weight excluding hydrogens is 334 g/mol. The fraction of sp³-hybridized carbons (Fsp3) is 0.111. The second-order valence-electron chi connectivity index (χ2n) is 5.40. The minimum absolute atomic E-state index is 0.0793. The van der Waals surface area contributed by atoms with Gasteiger partial charge in [-0.25, -0.2) is 9.97 Å². The molecule has 0 fully saturated rings. The Labute approximate surface area is 150 Å². The second kappa shape index (κ2) is 8.97. The van der Waals surface area contributed by atoms with Crippen molar-refractivity contribution in [2.24, 2.45) is 0 Å². The van der Waals surface area contributed by atoms with Gasteiger partial charge in [0.05, 0.1) is 11.1 Å². The third-order valence-electron chi connectivity index (χ3n) is 3.20. The number of para-hydroxylation sites is 2. The van der Waals surface area contributed by atoms with Gasteiger partial charge >= 0.3 is 0 Å². The number of nitrogens with one attached hydrogen (secondary N) is 2. The van der Waals surface area contributed by atoms with Crippen molar-refractivity contribution < 1.29 is 14.7 Å². The van der Waals surface area contributed by atoms with Gasteiger partial charge in [-0.3, -0.25) is 20.4 Å². The van der Waals surface area contributed by atoms with Crippen LogP contribution in [0.2, 0.25) is 0 Å². The van der Waals surface area contributed by atoms with Crippen molar-refractivity contribution in [3.63, 3.8) is 0 Å². The van der Waals surface area contributed by atoms with Crippen LogP contribution in [0.4, 0.5) is 5.82 Å². The largest absolute Gasteiger partial charge is 0.507 e. The van der Waals surface area contributed by atoms with Gasteiger partial charge in [-0.15, -0.1) is 0 Å². The molecule has 0 bridgehead atoms. The number of hydrogen-bond acceptors (Lipinski definition) is 6. The highest BCUT2D eigenvalue weighted by molar-refractivity contribution is 5.98. The normalized spacial score (nSPS) is 9.62. The average molecular weight is 353 g/mol. The van der Waals surface area contributed by atoms with E-state index in [2.05, 4.69) is 20.8 Å². The van der Waals surface area contributed by atoms with Gasteiger partial charge in [0.15, 0.2) is 5.82 Å². The maximum Gasteiger partial charge on any atom is 0.273 e. The van der Waals surface area contributed by atoms with Crippen molar-refractivity contribution >= 4 is 29.0 Å². The topological polar surface area (TPSA) is 107 Å². The highest BCUT2D eigenvalue weighted by Crippen LogP contribution is 2.18. The molecule has 0 spiro atoms. The molecule has 0 aliphatic rings. The van der Waals surface area contributed by atoms with Crippen LogP contribution in [-0.4, -0.2) is 46.4 Å². The summed E-state index contributed by atoms with van der Waals surface area (Å²) in [5.41, 5.74) is 6.21. The Morgan fingerprint density at radius 1 is 1.08 bits per heavy atom. The van der Waals surface area contributed by atoms with E-state index in [0.29, 0.717) is 5.82 Å². The van der Waals surface area contributed by atoms with E-state index in [0.717, 1.165) is 17.3 Å². The summed E-state index contributed by atoms with van der Waals surface area (Å²) in [7, 11) is 3.38. The third kappa shape index (κ3) is 4.91. The van der Waals surface area contributed by atoms with Crippen molar-refractivity contribution in [3.8, 4) is 5.75 Å². The van der Waals surface area contributed by atoms with Crippen LogP contribution >= 0.6 is 0 Å². The zero-order valence-corrected chi connectivity index (χ0v) is 14.4. The third-order valence-corrected chi connectivity index (χ3v) is 3.20. The van der Waals surface area contributed by atoms with Crippen molar-refractivity contribution in [2.45, 2.75) is 0 Å². The number of hydrogen-bond donors (Lipinski definition) is 3. The molecule has 3 rings (SSSR count). The predicted octanol–water partition coefficient (Wildman–Crippen LogP) is 1.80. The number of phenolic OH excluding ortho intramolecular Hbond substituents is 1. The Kier molecular flexibility index (Phi) is 6.44. The Hall–Kier alpha value is -3.68. The number of phenols is 1. The summed E-state index contributed by atoms with van der Waals surface area (Å²) in [5, 5.41) is 10.4. The molecule has 8 heteroatoms. The fourth-order valence-corrected chi connectivity index (χ4v) is 1.95. The van der Waals surface area contributed by atoms with Gasteiger partial charge in [-0.2, -0.15) is 0 Å². The molecule has 0 unspecified atom stereocenters. The van der Waals surface area contributed by atoms with E-state index in [1.165, 1.54) is 23.4 Å². The van der Waals surface area contributed by atoms with E-state index in [4.69, 9.17) is 0 Å². The first-order valence-electron chi connectivity index (χ1n) is 7.68. The number of carbonyl (C=O) groups is 2. The van der Waals surface area contributed by atoms with Crippen molar-refractivity contribution in [1.82, 2.24) is 20.3 Å². The fourth-order valence-electron chi connectivity index (χ4n) is 1.95. The molecule has 0 atom stereocenters. The molecule has 1 aromatic heterocycles. The summed E-state index contributed by atoms with van der Waals surface area (Å²) in [4.78, 5) is 31.1. The van der Waals surface area contributed by atoms with Crippen LogP contribution in [0.25, 0.3) is 10.9 Å². The lowest BCUT2D eigenvalue weighted by Crippen LogP contribution is -2.30. The van der Waals surface area contributed by atoms with Crippen LogP contribution in [0.15, 0.2) is 54.9 Å². The van der Waals surface area contributed by atoms with E-state index >= 15 is 0 Å². The van der Waals surface area contributed by atoms with Crippen LogP contribution in [-0.2, 0) is 4.79 Å². The van der Waals surface area contributed by atoms with Gasteiger partial charge in [0.2, 0.25) is 6.41 Å². The average Bonchev–Trinajstić information content (AvgIpc) is 2.67. The molecule has 2 amide bonds. The molecule has 3 N–H and O–H groups in total. The van der Waals surface area contributed by atoms with Crippen LogP contribution in [0.3, 0.4) is 0 Å². The van der Waals surface area contributed by atoms with Gasteiger partial charge in [0.25, 0.3) is 5.91 Å². The molecule has 0 saturated carbocycles. The van der Waals surface area contributed by atoms with Crippen molar-refractivity contribution in [2.75, 3.05) is 19.5 Å². The van der Waals surface area contributed by atoms with Crippen LogP contribution in [0.1, 0.15) is 10.4 Å². The van der Waals surface area contributed by atoms with Gasteiger partial charge in [-0.1, -0.05) is 24.3 Å². The first-order chi connectivity index (χ1) is 12.5. The maximum absolute atomic E-state index is 12.0. The lowest BCUT2D eigenvalue weighted by Gasteiger charge is -2.10. The molecule has 8 nitrogen and oxygen atoms in total. The highest BCUT2D eigenvalue weighted by Gasteiger charge is 2.10. The first kappa shape index (κ1) is 18.7. The van der Waals surface area contributed by atoms with Crippen LogP contribution in [0, 0.1) is 0 Å². The van der Waals surface area contributed by atoms with Crippen LogP contribution < -0.4 is 10.9 Å². The number of fused-ring (bicyclic) bond motifs is 1. The Balaban J connectivity index is 0.000000431. The summed E-state index contributed by atoms with van der Waals surface area (Å²) < 4.78 is 0. The van der Waals surface area contributed by atoms with Crippen molar-refractivity contribution in [3.05, 3.63) is 60.4 Å². The van der Waals surface area contributed by atoms with E-state index in [9.17, 15) is 14.7 Å².